The quantitative estimate of drug-likeness (QED) is 0.775. The minimum absolute atomic E-state index is 0.188. The summed E-state index contributed by atoms with van der Waals surface area (Å²) >= 11 is 1.92. The summed E-state index contributed by atoms with van der Waals surface area (Å²) in [7, 11) is 0. The molecule has 1 unspecified atom stereocenters. The first-order chi connectivity index (χ1) is 11.0. The van der Waals surface area contributed by atoms with Crippen molar-refractivity contribution in [2.24, 2.45) is 0 Å². The average Bonchev–Trinajstić information content (AvgIpc) is 2.80. The Kier molecular flexibility index (Phi) is 3.31. The van der Waals surface area contributed by atoms with Gasteiger partial charge in [0.05, 0.1) is 0 Å². The first-order valence-electron chi connectivity index (χ1n) is 8.19. The van der Waals surface area contributed by atoms with Crippen LogP contribution < -0.4 is 0 Å². The number of hydrogen-bond donors (Lipinski definition) is 0. The summed E-state index contributed by atoms with van der Waals surface area (Å²) in [5.41, 5.74) is 7.07. The monoisotopic (exact) mass is 323 g/mol. The molecule has 2 nitrogen and oxygen atoms in total. The van der Waals surface area contributed by atoms with Crippen molar-refractivity contribution in [3.05, 3.63) is 69.8 Å². The third kappa shape index (κ3) is 1.99. The molecule has 0 saturated carbocycles. The van der Waals surface area contributed by atoms with Crippen molar-refractivity contribution in [1.29, 1.82) is 0 Å². The van der Waals surface area contributed by atoms with Crippen LogP contribution in [0.4, 0.5) is 0 Å². The molecule has 2 heterocycles. The number of aryl methyl sites for hydroxylation is 3. The van der Waals surface area contributed by atoms with Gasteiger partial charge in [0.25, 0.3) is 5.91 Å². The fraction of sp³-hybridized carbons (Fsp3) is 0.350. The number of amides is 1. The van der Waals surface area contributed by atoms with Crippen molar-refractivity contribution >= 4 is 17.7 Å². The fourth-order valence-corrected chi connectivity index (χ4v) is 5.48. The Hall–Kier alpha value is -1.74. The first-order valence-corrected chi connectivity index (χ1v) is 9.17. The molecule has 23 heavy (non-hydrogen) atoms. The van der Waals surface area contributed by atoms with Crippen molar-refractivity contribution in [3.8, 4) is 0 Å². The Morgan fingerprint density at radius 3 is 2.48 bits per heavy atom. The van der Waals surface area contributed by atoms with Crippen LogP contribution in [0.3, 0.4) is 0 Å². The molecule has 1 amide bonds. The number of nitrogens with zero attached hydrogens (tertiary/aromatic N) is 1. The van der Waals surface area contributed by atoms with Crippen LogP contribution in [-0.2, 0) is 4.87 Å². The van der Waals surface area contributed by atoms with Crippen molar-refractivity contribution < 1.29 is 4.79 Å². The highest BCUT2D eigenvalue weighted by atomic mass is 32.2. The van der Waals surface area contributed by atoms with E-state index in [1.54, 1.807) is 0 Å². The Labute approximate surface area is 141 Å². The van der Waals surface area contributed by atoms with Crippen LogP contribution in [0.2, 0.25) is 0 Å². The molecule has 0 aliphatic carbocycles. The third-order valence-electron chi connectivity index (χ3n) is 4.99. The van der Waals surface area contributed by atoms with E-state index < -0.39 is 0 Å². The van der Waals surface area contributed by atoms with Crippen LogP contribution in [0.25, 0.3) is 0 Å². The van der Waals surface area contributed by atoms with Gasteiger partial charge < -0.3 is 4.90 Å². The topological polar surface area (TPSA) is 20.3 Å². The van der Waals surface area contributed by atoms with E-state index in [4.69, 9.17) is 0 Å². The van der Waals surface area contributed by atoms with Crippen molar-refractivity contribution in [2.75, 3.05) is 12.3 Å². The molecule has 0 N–H and O–H groups in total. The molecule has 118 valence electrons. The largest absolute Gasteiger partial charge is 0.316 e. The lowest BCUT2D eigenvalue weighted by Crippen LogP contribution is -2.46. The minimum Gasteiger partial charge on any atom is -0.316 e. The Balaban J connectivity index is 2.05. The summed E-state index contributed by atoms with van der Waals surface area (Å²) in [4.78, 5) is 14.8. The molecular formula is C20H21NOS. The number of carbonyl (C=O) groups excluding carboxylic acids is 1. The third-order valence-corrected chi connectivity index (χ3v) is 6.56. The van der Waals surface area contributed by atoms with Gasteiger partial charge in [0.1, 0.15) is 4.87 Å². The van der Waals surface area contributed by atoms with Crippen molar-refractivity contribution in [1.82, 2.24) is 4.90 Å². The van der Waals surface area contributed by atoms with E-state index in [2.05, 4.69) is 56.0 Å². The zero-order valence-electron chi connectivity index (χ0n) is 13.8. The Morgan fingerprint density at radius 2 is 1.70 bits per heavy atom. The predicted molar refractivity (Wildman–Crippen MR) is 96.0 cm³/mol. The zero-order chi connectivity index (χ0) is 16.2. The van der Waals surface area contributed by atoms with Gasteiger partial charge in [-0.25, -0.2) is 0 Å². The molecule has 2 aromatic rings. The van der Waals surface area contributed by atoms with E-state index in [-0.39, 0.29) is 10.8 Å². The molecule has 2 aliphatic rings. The molecule has 0 spiro atoms. The summed E-state index contributed by atoms with van der Waals surface area (Å²) in [5.74, 6) is 1.28. The summed E-state index contributed by atoms with van der Waals surface area (Å²) in [6.07, 6.45) is 1.07. The molecule has 1 atom stereocenters. The highest BCUT2D eigenvalue weighted by Crippen LogP contribution is 2.55. The maximum absolute atomic E-state index is 13.0. The molecule has 3 heteroatoms. The minimum atomic E-state index is -0.340. The second-order valence-electron chi connectivity index (χ2n) is 6.67. The van der Waals surface area contributed by atoms with E-state index in [1.165, 1.54) is 27.8 Å². The Morgan fingerprint density at radius 1 is 1.00 bits per heavy atom. The van der Waals surface area contributed by atoms with Gasteiger partial charge in [0, 0.05) is 17.7 Å². The lowest BCUT2D eigenvalue weighted by molar-refractivity contribution is 0.0716. The molecule has 2 aromatic carbocycles. The van der Waals surface area contributed by atoms with Crippen LogP contribution in [0.15, 0.2) is 36.4 Å². The normalized spacial score (nSPS) is 22.9. The maximum Gasteiger partial charge on any atom is 0.255 e. The van der Waals surface area contributed by atoms with E-state index >= 15 is 0 Å². The highest BCUT2D eigenvalue weighted by molar-refractivity contribution is 8.00. The smallest absolute Gasteiger partial charge is 0.255 e. The summed E-state index contributed by atoms with van der Waals surface area (Å²) in [5, 5.41) is 0. The van der Waals surface area contributed by atoms with Crippen LogP contribution in [0.5, 0.6) is 0 Å². The van der Waals surface area contributed by atoms with Gasteiger partial charge >= 0.3 is 0 Å². The molecule has 1 saturated heterocycles. The maximum atomic E-state index is 13.0. The molecule has 0 bridgehead atoms. The van der Waals surface area contributed by atoms with Crippen LogP contribution in [-0.4, -0.2) is 23.1 Å². The molecule has 1 fully saturated rings. The second-order valence-corrected chi connectivity index (χ2v) is 7.96. The highest BCUT2D eigenvalue weighted by Gasteiger charge is 2.53. The van der Waals surface area contributed by atoms with Crippen LogP contribution >= 0.6 is 11.8 Å². The van der Waals surface area contributed by atoms with Crippen molar-refractivity contribution in [2.45, 2.75) is 32.1 Å². The van der Waals surface area contributed by atoms with Gasteiger partial charge in [0.15, 0.2) is 0 Å². The van der Waals surface area contributed by atoms with Crippen LogP contribution in [0.1, 0.15) is 44.6 Å². The van der Waals surface area contributed by atoms with Gasteiger partial charge in [0.2, 0.25) is 0 Å². The second kappa shape index (κ2) is 5.13. The van der Waals surface area contributed by atoms with E-state index in [0.717, 1.165) is 24.3 Å². The lowest BCUT2D eigenvalue weighted by Gasteiger charge is -2.43. The SMILES string of the molecule is Cc1ccc(C)c(C23SCCCN2C(=O)c2ccc(C)cc23)c1. The zero-order valence-corrected chi connectivity index (χ0v) is 14.7. The van der Waals surface area contributed by atoms with Gasteiger partial charge in [-0.05, 0) is 50.1 Å². The summed E-state index contributed by atoms with van der Waals surface area (Å²) < 4.78 is 0. The Bertz CT molecular complexity index is 813. The first kappa shape index (κ1) is 14.8. The summed E-state index contributed by atoms with van der Waals surface area (Å²) in [6, 6.07) is 12.9. The number of hydrogen-bond acceptors (Lipinski definition) is 2. The molecule has 0 radical (unpaired) electrons. The number of thioether (sulfide) groups is 1. The van der Waals surface area contributed by atoms with E-state index in [1.807, 2.05) is 17.8 Å². The molecule has 0 aromatic heterocycles. The van der Waals surface area contributed by atoms with E-state index in [9.17, 15) is 4.79 Å². The standard InChI is InChI=1S/C20H21NOS/c1-13-5-7-15(3)17(11-13)20-18-12-14(2)6-8-16(18)19(22)21(20)9-4-10-23-20/h5-8,11-12H,4,9-10H2,1-3H3. The predicted octanol–water partition coefficient (Wildman–Crippen LogP) is 4.41. The number of rotatable bonds is 1. The number of fused-ring (bicyclic) bond motifs is 3. The number of carbonyl (C=O) groups is 1. The van der Waals surface area contributed by atoms with Gasteiger partial charge in [-0.15, -0.1) is 11.8 Å². The van der Waals surface area contributed by atoms with Crippen LogP contribution in [0, 0.1) is 20.8 Å². The average molecular weight is 323 g/mol. The molecule has 4 rings (SSSR count). The summed E-state index contributed by atoms with van der Waals surface area (Å²) in [6.45, 7) is 7.24. The molecular weight excluding hydrogens is 302 g/mol. The van der Waals surface area contributed by atoms with Gasteiger partial charge in [-0.1, -0.05) is 41.5 Å². The number of benzene rings is 2. The van der Waals surface area contributed by atoms with Crippen molar-refractivity contribution in [3.63, 3.8) is 0 Å². The molecule has 2 aliphatic heterocycles. The van der Waals surface area contributed by atoms with E-state index in [0.29, 0.717) is 0 Å². The van der Waals surface area contributed by atoms with Gasteiger partial charge in [-0.2, -0.15) is 0 Å². The fourth-order valence-electron chi connectivity index (χ4n) is 3.89. The lowest BCUT2D eigenvalue weighted by atomic mass is 9.91. The van der Waals surface area contributed by atoms with Gasteiger partial charge in [-0.3, -0.25) is 4.79 Å².